The summed E-state index contributed by atoms with van der Waals surface area (Å²) in [4.78, 5) is 22.2. The highest BCUT2D eigenvalue weighted by molar-refractivity contribution is 5.67. The van der Waals surface area contributed by atoms with Gasteiger partial charge in [0.15, 0.2) is 0 Å². The molecular formula is C17H20O7. The number of carbonyl (C=O) groups excluding carboxylic acids is 2. The summed E-state index contributed by atoms with van der Waals surface area (Å²) in [5.41, 5.74) is 0.529. The van der Waals surface area contributed by atoms with E-state index in [0.29, 0.717) is 11.3 Å². The molecule has 0 spiro atoms. The number of phenols is 1. The normalized spacial score (nSPS) is 22.7. The first-order chi connectivity index (χ1) is 11.4. The molecule has 24 heavy (non-hydrogen) atoms. The van der Waals surface area contributed by atoms with Gasteiger partial charge in [0.25, 0.3) is 0 Å². The number of rotatable bonds is 5. The minimum absolute atomic E-state index is 0.0150. The molecule has 0 fully saturated rings. The molecule has 7 nitrogen and oxygen atoms in total. The predicted molar refractivity (Wildman–Crippen MR) is 83.6 cm³/mol. The van der Waals surface area contributed by atoms with Crippen LogP contribution in [0.2, 0.25) is 0 Å². The highest BCUT2D eigenvalue weighted by Gasteiger charge is 2.32. The van der Waals surface area contributed by atoms with Gasteiger partial charge in [-0.3, -0.25) is 9.59 Å². The molecule has 2 rings (SSSR count). The van der Waals surface area contributed by atoms with Crippen LogP contribution in [0.15, 0.2) is 30.4 Å². The predicted octanol–water partition coefficient (Wildman–Crippen LogP) is 1.89. The number of phenolic OH excluding ortho intramolecular Hbond substituents is 1. The molecule has 1 aromatic rings. The van der Waals surface area contributed by atoms with Crippen LogP contribution in [0.3, 0.4) is 0 Å². The summed E-state index contributed by atoms with van der Waals surface area (Å²) in [5.74, 6) is -0.392. The minimum Gasteiger partial charge on any atom is -0.507 e. The number of hydrogen-bond acceptors (Lipinski definition) is 7. The van der Waals surface area contributed by atoms with Crippen molar-refractivity contribution >= 4 is 11.9 Å². The Hall–Kier alpha value is -2.54. The molecular weight excluding hydrogens is 316 g/mol. The Morgan fingerprint density at radius 2 is 1.96 bits per heavy atom. The number of carbonyl (C=O) groups is 2. The Bertz CT molecular complexity index is 638. The van der Waals surface area contributed by atoms with Crippen molar-refractivity contribution in [3.05, 3.63) is 35.9 Å². The lowest BCUT2D eigenvalue weighted by Crippen LogP contribution is -2.39. The van der Waals surface area contributed by atoms with Crippen LogP contribution in [0.5, 0.6) is 11.5 Å². The summed E-state index contributed by atoms with van der Waals surface area (Å²) in [5, 5.41) is 10.1. The summed E-state index contributed by atoms with van der Waals surface area (Å²) in [6.45, 7) is 2.51. The minimum atomic E-state index is -0.672. The number of aromatic hydroxyl groups is 1. The van der Waals surface area contributed by atoms with E-state index in [2.05, 4.69) is 0 Å². The average Bonchev–Trinajstić information content (AvgIpc) is 2.53. The molecule has 0 aromatic heterocycles. The van der Waals surface area contributed by atoms with E-state index < -0.39 is 30.3 Å². The molecule has 0 radical (unpaired) electrons. The summed E-state index contributed by atoms with van der Waals surface area (Å²) in [6, 6.07) is 4.86. The van der Waals surface area contributed by atoms with E-state index in [4.69, 9.17) is 18.9 Å². The number of methoxy groups -OCH3 is 1. The van der Waals surface area contributed by atoms with Crippen LogP contribution in [0, 0.1) is 0 Å². The lowest BCUT2D eigenvalue weighted by atomic mass is 10.0. The fourth-order valence-corrected chi connectivity index (χ4v) is 2.35. The van der Waals surface area contributed by atoms with Crippen molar-refractivity contribution < 1.29 is 33.6 Å². The molecule has 1 aliphatic rings. The maximum atomic E-state index is 11.2. The quantitative estimate of drug-likeness (QED) is 0.648. The first kappa shape index (κ1) is 17.8. The van der Waals surface area contributed by atoms with E-state index in [1.165, 1.54) is 27.0 Å². The third-order valence-electron chi connectivity index (χ3n) is 3.46. The number of hydrogen-bond donors (Lipinski definition) is 1. The van der Waals surface area contributed by atoms with Gasteiger partial charge in [-0.25, -0.2) is 0 Å². The Kier molecular flexibility index (Phi) is 5.81. The first-order valence-corrected chi connectivity index (χ1v) is 7.42. The second-order valence-electron chi connectivity index (χ2n) is 5.28. The average molecular weight is 336 g/mol. The van der Waals surface area contributed by atoms with E-state index in [0.717, 1.165) is 0 Å². The Morgan fingerprint density at radius 3 is 2.54 bits per heavy atom. The maximum absolute atomic E-state index is 11.2. The zero-order chi connectivity index (χ0) is 17.7. The van der Waals surface area contributed by atoms with Crippen molar-refractivity contribution in [2.45, 2.75) is 32.2 Å². The van der Waals surface area contributed by atoms with Gasteiger partial charge >= 0.3 is 11.9 Å². The molecule has 0 saturated carbocycles. The van der Waals surface area contributed by atoms with Gasteiger partial charge in [0.05, 0.1) is 7.11 Å². The second kappa shape index (κ2) is 7.83. The summed E-state index contributed by atoms with van der Waals surface area (Å²) in [7, 11) is 1.50. The van der Waals surface area contributed by atoms with Gasteiger partial charge in [-0.15, -0.1) is 0 Å². The molecule has 7 heteroatoms. The Labute approximate surface area is 139 Å². The van der Waals surface area contributed by atoms with Crippen molar-refractivity contribution in [2.75, 3.05) is 13.7 Å². The van der Waals surface area contributed by atoms with E-state index >= 15 is 0 Å². The highest BCUT2D eigenvalue weighted by atomic mass is 16.6. The maximum Gasteiger partial charge on any atom is 0.303 e. The van der Waals surface area contributed by atoms with Gasteiger partial charge < -0.3 is 24.1 Å². The van der Waals surface area contributed by atoms with E-state index in [1.54, 1.807) is 24.3 Å². The van der Waals surface area contributed by atoms with E-state index in [-0.39, 0.29) is 12.4 Å². The Morgan fingerprint density at radius 1 is 1.21 bits per heavy atom. The Balaban J connectivity index is 2.20. The molecule has 0 saturated heterocycles. The molecule has 3 atom stereocenters. The van der Waals surface area contributed by atoms with Crippen LogP contribution in [0.25, 0.3) is 0 Å². The summed E-state index contributed by atoms with van der Waals surface area (Å²) in [6.07, 6.45) is 1.43. The van der Waals surface area contributed by atoms with Crippen LogP contribution in [0.1, 0.15) is 25.5 Å². The zero-order valence-corrected chi connectivity index (χ0v) is 13.7. The van der Waals surface area contributed by atoms with Crippen LogP contribution < -0.4 is 4.74 Å². The topological polar surface area (TPSA) is 91.3 Å². The lowest BCUT2D eigenvalue weighted by molar-refractivity contribution is -0.163. The molecule has 1 aliphatic heterocycles. The van der Waals surface area contributed by atoms with Crippen LogP contribution >= 0.6 is 0 Å². The highest BCUT2D eigenvalue weighted by Crippen LogP contribution is 2.35. The third kappa shape index (κ3) is 4.48. The largest absolute Gasteiger partial charge is 0.507 e. The van der Waals surface area contributed by atoms with Gasteiger partial charge in [0.1, 0.15) is 36.4 Å². The van der Waals surface area contributed by atoms with Gasteiger partial charge in [0.2, 0.25) is 0 Å². The van der Waals surface area contributed by atoms with Crippen LogP contribution in [-0.2, 0) is 23.8 Å². The third-order valence-corrected chi connectivity index (χ3v) is 3.46. The van der Waals surface area contributed by atoms with Gasteiger partial charge in [-0.1, -0.05) is 6.08 Å². The zero-order valence-electron chi connectivity index (χ0n) is 13.7. The molecule has 1 heterocycles. The standard InChI is InChI=1S/C17H20O7/c1-10(18)22-9-17-16(23-11(2)19)7-6-15(24-17)13-5-4-12(21-3)8-14(13)20/h4-8,15-17,20H,9H2,1-3H3/t15-,16-,17+/m0/s1. The van der Waals surface area contributed by atoms with Crippen molar-refractivity contribution in [3.8, 4) is 11.5 Å². The SMILES string of the molecule is COc1ccc([C@@H]2C=C[C@H](OC(C)=O)[C@@H](COC(C)=O)O2)c(O)c1. The van der Waals surface area contributed by atoms with Crippen LogP contribution in [0.4, 0.5) is 0 Å². The smallest absolute Gasteiger partial charge is 0.303 e. The van der Waals surface area contributed by atoms with Gasteiger partial charge in [0, 0.05) is 25.5 Å². The first-order valence-electron chi connectivity index (χ1n) is 7.42. The van der Waals surface area contributed by atoms with Crippen molar-refractivity contribution in [2.24, 2.45) is 0 Å². The molecule has 0 bridgehead atoms. The fraction of sp³-hybridized carbons (Fsp3) is 0.412. The molecule has 0 unspecified atom stereocenters. The monoisotopic (exact) mass is 336 g/mol. The molecule has 130 valence electrons. The number of ether oxygens (including phenoxy) is 4. The summed E-state index contributed by atoms with van der Waals surface area (Å²) >= 11 is 0. The van der Waals surface area contributed by atoms with Crippen molar-refractivity contribution in [1.29, 1.82) is 0 Å². The fourth-order valence-electron chi connectivity index (χ4n) is 2.35. The van der Waals surface area contributed by atoms with E-state index in [9.17, 15) is 14.7 Å². The van der Waals surface area contributed by atoms with Gasteiger partial charge in [-0.2, -0.15) is 0 Å². The van der Waals surface area contributed by atoms with Crippen molar-refractivity contribution in [3.63, 3.8) is 0 Å². The molecule has 1 N–H and O–H groups in total. The molecule has 1 aromatic carbocycles. The molecule has 0 amide bonds. The van der Waals surface area contributed by atoms with E-state index in [1.807, 2.05) is 0 Å². The lowest BCUT2D eigenvalue weighted by Gasteiger charge is -2.31. The second-order valence-corrected chi connectivity index (χ2v) is 5.28. The van der Waals surface area contributed by atoms with Gasteiger partial charge in [-0.05, 0) is 18.2 Å². The van der Waals surface area contributed by atoms with Crippen LogP contribution in [-0.4, -0.2) is 43.0 Å². The number of esters is 2. The summed E-state index contributed by atoms with van der Waals surface area (Å²) < 4.78 is 21.0. The van der Waals surface area contributed by atoms with Crippen molar-refractivity contribution in [1.82, 2.24) is 0 Å². The molecule has 0 aliphatic carbocycles. The number of benzene rings is 1.